The highest BCUT2D eigenvalue weighted by Gasteiger charge is 2.47. The Morgan fingerprint density at radius 2 is 1.91 bits per heavy atom. The average Bonchev–Trinajstić information content (AvgIpc) is 2.69. The molecule has 0 saturated carbocycles. The Balaban J connectivity index is 2.59. The molecule has 0 spiro atoms. The fraction of sp³-hybridized carbons (Fsp3) is 0.929. The van der Waals surface area contributed by atoms with Gasteiger partial charge >= 0.3 is 6.09 Å². The van der Waals surface area contributed by atoms with Crippen LogP contribution in [0, 0.1) is 0 Å². The molecule has 8 heteroatoms. The van der Waals surface area contributed by atoms with E-state index in [4.69, 9.17) is 25.1 Å². The van der Waals surface area contributed by atoms with Gasteiger partial charge in [-0.2, -0.15) is 0 Å². The van der Waals surface area contributed by atoms with Gasteiger partial charge in [0.15, 0.2) is 5.79 Å². The summed E-state index contributed by atoms with van der Waals surface area (Å²) in [6, 6.07) is -0.625. The Kier molecular flexibility index (Phi) is 6.17. The highest BCUT2D eigenvalue weighted by molar-refractivity contribution is 5.67. The quantitative estimate of drug-likeness (QED) is 0.549. The van der Waals surface area contributed by atoms with Crippen molar-refractivity contribution in [3.8, 4) is 0 Å². The Hall–Kier alpha value is -0.930. The maximum atomic E-state index is 11.6. The predicted molar refractivity (Wildman–Crippen MR) is 79.1 cm³/mol. The van der Waals surface area contributed by atoms with Gasteiger partial charge in [-0.15, -0.1) is 0 Å². The molecule has 8 nitrogen and oxygen atoms in total. The molecule has 0 aromatic rings. The van der Waals surface area contributed by atoms with Gasteiger partial charge < -0.3 is 35.5 Å². The van der Waals surface area contributed by atoms with E-state index >= 15 is 0 Å². The Morgan fingerprint density at radius 1 is 1.36 bits per heavy atom. The van der Waals surface area contributed by atoms with Crippen LogP contribution in [0.2, 0.25) is 0 Å². The Bertz CT molecular complexity index is 382. The number of carbonyl (C=O) groups excluding carboxylic acids is 1. The third-order valence-electron chi connectivity index (χ3n) is 3.03. The summed E-state index contributed by atoms with van der Waals surface area (Å²) in [6.07, 6.45) is -3.12. The van der Waals surface area contributed by atoms with Crippen LogP contribution in [0.25, 0.3) is 0 Å². The second-order valence-electron chi connectivity index (χ2n) is 6.86. The van der Waals surface area contributed by atoms with Crippen molar-refractivity contribution in [3.05, 3.63) is 0 Å². The monoisotopic (exact) mass is 320 g/mol. The first-order valence-electron chi connectivity index (χ1n) is 7.32. The van der Waals surface area contributed by atoms with E-state index in [9.17, 15) is 9.90 Å². The van der Waals surface area contributed by atoms with E-state index in [0.29, 0.717) is 0 Å². The van der Waals surface area contributed by atoms with E-state index in [2.05, 4.69) is 5.32 Å². The minimum absolute atomic E-state index is 0.0909. The van der Waals surface area contributed by atoms with Crippen molar-refractivity contribution in [1.82, 2.24) is 5.32 Å². The standard InChI is InChI=1S/C14H28N2O6/c1-13(2,3)22-12(19)16-6-8(15)10-11(9(18)7-17)21-14(4,5)20-10/h8-11,17-18H,6-7,15H2,1-5H3,(H,16,19)/t8-,9-,10-,11-/m1/s1. The lowest BCUT2D eigenvalue weighted by Crippen LogP contribution is -2.52. The summed E-state index contributed by atoms with van der Waals surface area (Å²) >= 11 is 0. The van der Waals surface area contributed by atoms with Crippen molar-refractivity contribution in [2.24, 2.45) is 5.73 Å². The van der Waals surface area contributed by atoms with Gasteiger partial charge in [-0.3, -0.25) is 0 Å². The van der Waals surface area contributed by atoms with Crippen LogP contribution >= 0.6 is 0 Å². The van der Waals surface area contributed by atoms with Crippen molar-refractivity contribution in [3.63, 3.8) is 0 Å². The van der Waals surface area contributed by atoms with Gasteiger partial charge in [0, 0.05) is 6.54 Å². The van der Waals surface area contributed by atoms with Crippen molar-refractivity contribution in [2.75, 3.05) is 13.2 Å². The lowest BCUT2D eigenvalue weighted by Gasteiger charge is -2.26. The second-order valence-corrected chi connectivity index (χ2v) is 6.86. The summed E-state index contributed by atoms with van der Waals surface area (Å²) in [4.78, 5) is 11.6. The first kappa shape index (κ1) is 19.1. The van der Waals surface area contributed by atoms with Gasteiger partial charge in [-0.25, -0.2) is 4.79 Å². The molecule has 1 rings (SSSR count). The van der Waals surface area contributed by atoms with E-state index in [1.54, 1.807) is 34.6 Å². The summed E-state index contributed by atoms with van der Waals surface area (Å²) in [7, 11) is 0. The third kappa shape index (κ3) is 5.69. The molecule has 1 saturated heterocycles. The van der Waals surface area contributed by atoms with Crippen molar-refractivity contribution in [2.45, 2.75) is 70.4 Å². The van der Waals surface area contributed by atoms with Gasteiger partial charge in [0.05, 0.1) is 12.6 Å². The van der Waals surface area contributed by atoms with E-state index in [1.165, 1.54) is 0 Å². The molecule has 0 aliphatic carbocycles. The maximum Gasteiger partial charge on any atom is 0.407 e. The number of alkyl carbamates (subject to hydrolysis) is 1. The Morgan fingerprint density at radius 3 is 2.41 bits per heavy atom. The molecule has 130 valence electrons. The summed E-state index contributed by atoms with van der Waals surface area (Å²) in [6.45, 7) is 8.29. The zero-order chi connectivity index (χ0) is 17.1. The number of nitrogens with one attached hydrogen (secondary N) is 1. The molecular formula is C14H28N2O6. The van der Waals surface area contributed by atoms with Crippen LogP contribution in [0.3, 0.4) is 0 Å². The lowest BCUT2D eigenvalue weighted by molar-refractivity contribution is -0.158. The highest BCUT2D eigenvalue weighted by atomic mass is 16.8. The van der Waals surface area contributed by atoms with Gasteiger partial charge in [-0.1, -0.05) is 0 Å². The van der Waals surface area contributed by atoms with Crippen molar-refractivity contribution < 1.29 is 29.2 Å². The largest absolute Gasteiger partial charge is 0.444 e. The van der Waals surface area contributed by atoms with Crippen molar-refractivity contribution >= 4 is 6.09 Å². The number of nitrogens with two attached hydrogens (primary N) is 1. The topological polar surface area (TPSA) is 123 Å². The zero-order valence-corrected chi connectivity index (χ0v) is 13.8. The molecule has 1 fully saturated rings. The molecular weight excluding hydrogens is 292 g/mol. The predicted octanol–water partition coefficient (Wildman–Crippen LogP) is -0.288. The van der Waals surface area contributed by atoms with Gasteiger partial charge in [0.2, 0.25) is 0 Å². The van der Waals surface area contributed by atoms with E-state index in [-0.39, 0.29) is 6.54 Å². The molecule has 1 amide bonds. The molecule has 5 N–H and O–H groups in total. The molecule has 1 aliphatic rings. The molecule has 0 aromatic carbocycles. The van der Waals surface area contributed by atoms with Crippen LogP contribution in [0.1, 0.15) is 34.6 Å². The molecule has 0 aromatic heterocycles. The first-order chi connectivity index (χ1) is 9.95. The zero-order valence-electron chi connectivity index (χ0n) is 13.8. The number of amides is 1. The minimum Gasteiger partial charge on any atom is -0.444 e. The number of hydrogen-bond donors (Lipinski definition) is 4. The average molecular weight is 320 g/mol. The number of rotatable bonds is 5. The minimum atomic E-state index is -1.11. The van der Waals surface area contributed by atoms with Crippen LogP contribution in [0.15, 0.2) is 0 Å². The van der Waals surface area contributed by atoms with Gasteiger partial charge in [-0.05, 0) is 34.6 Å². The molecule has 4 atom stereocenters. The van der Waals surface area contributed by atoms with E-state index < -0.39 is 48.4 Å². The fourth-order valence-electron chi connectivity index (χ4n) is 2.18. The molecule has 1 aliphatic heterocycles. The summed E-state index contributed by atoms with van der Waals surface area (Å²) in [5, 5.41) is 21.5. The number of aliphatic hydroxyl groups excluding tert-OH is 2. The SMILES string of the molecule is CC(C)(C)OC(=O)NC[C@@H](N)[C@H]1OC(C)(C)O[C@@H]1[C@H](O)CO. The van der Waals surface area contributed by atoms with Crippen LogP contribution in [-0.2, 0) is 14.2 Å². The number of carbonyl (C=O) groups is 1. The smallest absolute Gasteiger partial charge is 0.407 e. The third-order valence-corrected chi connectivity index (χ3v) is 3.03. The number of aliphatic hydroxyl groups is 2. The second kappa shape index (κ2) is 7.10. The molecule has 1 heterocycles. The normalized spacial score (nSPS) is 27.3. The van der Waals surface area contributed by atoms with Gasteiger partial charge in [0.25, 0.3) is 0 Å². The van der Waals surface area contributed by atoms with Crippen LogP contribution < -0.4 is 11.1 Å². The summed E-state index contributed by atoms with van der Waals surface area (Å²) < 4.78 is 16.4. The van der Waals surface area contributed by atoms with Crippen LogP contribution in [-0.4, -0.2) is 65.2 Å². The molecule has 0 unspecified atom stereocenters. The Labute approximate surface area is 130 Å². The number of hydrogen-bond acceptors (Lipinski definition) is 7. The van der Waals surface area contributed by atoms with Crippen LogP contribution in [0.4, 0.5) is 4.79 Å². The highest BCUT2D eigenvalue weighted by Crippen LogP contribution is 2.31. The summed E-state index contributed by atoms with van der Waals surface area (Å²) in [5.74, 6) is -0.922. The van der Waals surface area contributed by atoms with E-state index in [1.807, 2.05) is 0 Å². The lowest BCUT2D eigenvalue weighted by atomic mass is 10.0. The number of ether oxygens (including phenoxy) is 3. The van der Waals surface area contributed by atoms with Crippen LogP contribution in [0.5, 0.6) is 0 Å². The molecule has 0 bridgehead atoms. The first-order valence-corrected chi connectivity index (χ1v) is 7.32. The van der Waals surface area contributed by atoms with Crippen molar-refractivity contribution in [1.29, 1.82) is 0 Å². The fourth-order valence-corrected chi connectivity index (χ4v) is 2.18. The maximum absolute atomic E-state index is 11.6. The van der Waals surface area contributed by atoms with E-state index in [0.717, 1.165) is 0 Å². The summed E-state index contributed by atoms with van der Waals surface area (Å²) in [5.41, 5.74) is 5.43. The molecule has 22 heavy (non-hydrogen) atoms. The van der Waals surface area contributed by atoms with Gasteiger partial charge in [0.1, 0.15) is 23.9 Å². The molecule has 0 radical (unpaired) electrons.